The van der Waals surface area contributed by atoms with E-state index in [0.717, 1.165) is 32.4 Å². The van der Waals surface area contributed by atoms with E-state index in [1.165, 1.54) is 0 Å². The number of hydrogen-bond acceptors (Lipinski definition) is 4. The summed E-state index contributed by atoms with van der Waals surface area (Å²) in [5, 5.41) is 10.1. The fraction of sp³-hybridized carbons (Fsp3) is 0.714. The highest BCUT2D eigenvalue weighted by atomic mass is 16.3. The molecule has 0 saturated carbocycles. The second-order valence-electron chi connectivity index (χ2n) is 5.59. The summed E-state index contributed by atoms with van der Waals surface area (Å²) in [5.74, 6) is 0.522. The summed E-state index contributed by atoms with van der Waals surface area (Å²) in [6.07, 6.45) is 6.70. The Kier molecular flexibility index (Phi) is 4.24. The lowest BCUT2D eigenvalue weighted by Crippen LogP contribution is -2.35. The lowest BCUT2D eigenvalue weighted by molar-refractivity contribution is 0.0481. The molecule has 1 atom stereocenters. The molecule has 5 nitrogen and oxygen atoms in total. The highest BCUT2D eigenvalue weighted by Gasteiger charge is 2.26. The van der Waals surface area contributed by atoms with Crippen molar-refractivity contribution < 1.29 is 5.11 Å². The first-order valence-corrected chi connectivity index (χ1v) is 7.06. The van der Waals surface area contributed by atoms with Crippen LogP contribution in [0.4, 0.5) is 5.82 Å². The van der Waals surface area contributed by atoms with Gasteiger partial charge in [0.15, 0.2) is 5.82 Å². The predicted molar refractivity (Wildman–Crippen MR) is 75.5 cm³/mol. The van der Waals surface area contributed by atoms with E-state index in [1.807, 2.05) is 11.8 Å². The topological polar surface area (TPSA) is 58.4 Å². The SMILES string of the molecule is CCCn1ccnc(N2CCCC(C)(O)CC2)c1=O. The fourth-order valence-corrected chi connectivity index (χ4v) is 2.54. The van der Waals surface area contributed by atoms with Gasteiger partial charge < -0.3 is 14.6 Å². The number of anilines is 1. The van der Waals surface area contributed by atoms with Crippen LogP contribution in [0.2, 0.25) is 0 Å². The van der Waals surface area contributed by atoms with Gasteiger partial charge in [-0.2, -0.15) is 0 Å². The Labute approximate surface area is 113 Å². The van der Waals surface area contributed by atoms with Crippen molar-refractivity contribution >= 4 is 5.82 Å². The molecule has 1 aromatic heterocycles. The van der Waals surface area contributed by atoms with Gasteiger partial charge in [0.1, 0.15) is 0 Å². The van der Waals surface area contributed by atoms with Crippen LogP contribution in [0.25, 0.3) is 0 Å². The summed E-state index contributed by atoms with van der Waals surface area (Å²) in [7, 11) is 0. The van der Waals surface area contributed by atoms with Crippen LogP contribution in [0, 0.1) is 0 Å². The zero-order chi connectivity index (χ0) is 13.9. The molecule has 1 aliphatic heterocycles. The van der Waals surface area contributed by atoms with Gasteiger partial charge in [0.25, 0.3) is 5.56 Å². The van der Waals surface area contributed by atoms with Gasteiger partial charge in [-0.3, -0.25) is 4.79 Å². The zero-order valence-corrected chi connectivity index (χ0v) is 11.8. The molecule has 1 N–H and O–H groups in total. The molecule has 106 valence electrons. The average molecular weight is 265 g/mol. The Balaban J connectivity index is 2.22. The van der Waals surface area contributed by atoms with Crippen LogP contribution < -0.4 is 10.5 Å². The minimum atomic E-state index is -0.619. The lowest BCUT2D eigenvalue weighted by atomic mass is 9.98. The van der Waals surface area contributed by atoms with E-state index in [9.17, 15) is 9.90 Å². The molecular weight excluding hydrogens is 242 g/mol. The van der Waals surface area contributed by atoms with Gasteiger partial charge in [0.2, 0.25) is 0 Å². The Bertz CT molecular complexity index is 482. The van der Waals surface area contributed by atoms with E-state index in [1.54, 1.807) is 17.0 Å². The molecule has 1 aliphatic rings. The first-order chi connectivity index (χ1) is 9.03. The molecule has 2 heterocycles. The van der Waals surface area contributed by atoms with Gasteiger partial charge in [-0.1, -0.05) is 6.92 Å². The van der Waals surface area contributed by atoms with Gasteiger partial charge in [-0.25, -0.2) is 4.98 Å². The molecule has 1 aromatic rings. The molecule has 0 bridgehead atoms. The summed E-state index contributed by atoms with van der Waals surface area (Å²) < 4.78 is 1.71. The zero-order valence-electron chi connectivity index (χ0n) is 11.8. The second kappa shape index (κ2) is 5.74. The fourth-order valence-electron chi connectivity index (χ4n) is 2.54. The smallest absolute Gasteiger partial charge is 0.293 e. The molecule has 1 fully saturated rings. The average Bonchev–Trinajstić information content (AvgIpc) is 2.53. The van der Waals surface area contributed by atoms with E-state index < -0.39 is 5.60 Å². The minimum Gasteiger partial charge on any atom is -0.390 e. The van der Waals surface area contributed by atoms with Crippen LogP contribution in [-0.4, -0.2) is 33.3 Å². The minimum absolute atomic E-state index is 0.0223. The third-order valence-electron chi connectivity index (χ3n) is 3.72. The molecule has 1 saturated heterocycles. The summed E-state index contributed by atoms with van der Waals surface area (Å²) in [5.41, 5.74) is -0.641. The Morgan fingerprint density at radius 1 is 1.42 bits per heavy atom. The van der Waals surface area contributed by atoms with E-state index >= 15 is 0 Å². The molecule has 0 spiro atoms. The molecule has 0 aliphatic carbocycles. The lowest BCUT2D eigenvalue weighted by Gasteiger charge is -2.23. The molecule has 0 aromatic carbocycles. The third kappa shape index (κ3) is 3.35. The molecule has 0 radical (unpaired) electrons. The Hall–Kier alpha value is -1.36. The molecule has 0 amide bonds. The Morgan fingerprint density at radius 2 is 2.21 bits per heavy atom. The number of aryl methyl sites for hydroxylation is 1. The van der Waals surface area contributed by atoms with Crippen LogP contribution in [0.5, 0.6) is 0 Å². The van der Waals surface area contributed by atoms with Gasteiger partial charge in [-0.15, -0.1) is 0 Å². The van der Waals surface area contributed by atoms with Gasteiger partial charge in [-0.05, 0) is 32.6 Å². The van der Waals surface area contributed by atoms with Crippen molar-refractivity contribution in [1.29, 1.82) is 0 Å². The molecule has 5 heteroatoms. The number of rotatable bonds is 3. The van der Waals surface area contributed by atoms with Gasteiger partial charge >= 0.3 is 0 Å². The largest absolute Gasteiger partial charge is 0.390 e. The van der Waals surface area contributed by atoms with Crippen LogP contribution >= 0.6 is 0 Å². The highest BCUT2D eigenvalue weighted by molar-refractivity contribution is 5.35. The summed E-state index contributed by atoms with van der Waals surface area (Å²) in [6.45, 7) is 6.11. The molecule has 1 unspecified atom stereocenters. The van der Waals surface area contributed by atoms with Crippen molar-refractivity contribution in [2.75, 3.05) is 18.0 Å². The van der Waals surface area contributed by atoms with Crippen LogP contribution in [0.1, 0.15) is 39.5 Å². The first-order valence-electron chi connectivity index (χ1n) is 7.06. The summed E-state index contributed by atoms with van der Waals surface area (Å²) in [6, 6.07) is 0. The van der Waals surface area contributed by atoms with E-state index in [4.69, 9.17) is 0 Å². The Morgan fingerprint density at radius 3 is 2.95 bits per heavy atom. The maximum Gasteiger partial charge on any atom is 0.293 e. The number of aliphatic hydroxyl groups is 1. The van der Waals surface area contributed by atoms with Crippen LogP contribution in [0.15, 0.2) is 17.2 Å². The molecular formula is C14H23N3O2. The normalized spacial score (nSPS) is 24.3. The van der Waals surface area contributed by atoms with Crippen molar-refractivity contribution in [3.63, 3.8) is 0 Å². The van der Waals surface area contributed by atoms with Crippen molar-refractivity contribution in [2.24, 2.45) is 0 Å². The quantitative estimate of drug-likeness (QED) is 0.897. The maximum atomic E-state index is 12.3. The van der Waals surface area contributed by atoms with E-state index in [-0.39, 0.29) is 5.56 Å². The highest BCUT2D eigenvalue weighted by Crippen LogP contribution is 2.22. The molecule has 19 heavy (non-hydrogen) atoms. The third-order valence-corrected chi connectivity index (χ3v) is 3.72. The predicted octanol–water partition coefficient (Wildman–Crippen LogP) is 1.39. The van der Waals surface area contributed by atoms with Gasteiger partial charge in [0.05, 0.1) is 5.60 Å². The van der Waals surface area contributed by atoms with Crippen molar-refractivity contribution in [3.8, 4) is 0 Å². The number of aromatic nitrogens is 2. The van der Waals surface area contributed by atoms with E-state index in [0.29, 0.717) is 18.8 Å². The van der Waals surface area contributed by atoms with Crippen molar-refractivity contribution in [2.45, 2.75) is 51.7 Å². The van der Waals surface area contributed by atoms with Crippen molar-refractivity contribution in [1.82, 2.24) is 9.55 Å². The second-order valence-corrected chi connectivity index (χ2v) is 5.59. The van der Waals surface area contributed by atoms with Crippen molar-refractivity contribution in [3.05, 3.63) is 22.7 Å². The van der Waals surface area contributed by atoms with Crippen LogP contribution in [-0.2, 0) is 6.54 Å². The summed E-state index contributed by atoms with van der Waals surface area (Å²) >= 11 is 0. The van der Waals surface area contributed by atoms with Crippen LogP contribution in [0.3, 0.4) is 0 Å². The maximum absolute atomic E-state index is 12.3. The standard InChI is InChI=1S/C14H23N3O2/c1-3-8-17-11-7-15-12(13(17)18)16-9-4-5-14(2,19)6-10-16/h7,11,19H,3-6,8-10H2,1-2H3. The number of nitrogens with zero attached hydrogens (tertiary/aromatic N) is 3. The number of hydrogen-bond donors (Lipinski definition) is 1. The molecule has 2 rings (SSSR count). The monoisotopic (exact) mass is 265 g/mol. The first kappa shape index (κ1) is 14.1. The summed E-state index contributed by atoms with van der Waals surface area (Å²) in [4.78, 5) is 18.6. The van der Waals surface area contributed by atoms with E-state index in [2.05, 4.69) is 11.9 Å². The van der Waals surface area contributed by atoms with Gasteiger partial charge in [0, 0.05) is 32.0 Å².